The van der Waals surface area contributed by atoms with Crippen LogP contribution in [0.25, 0.3) is 0 Å². The standard InChI is InChI=1S/C19H21ClN2O2.ClH/c20-17-6-4-15(5-7-17)14-24-18-3-1-2-16(12-18)13-19(23)22-10-8-21-9-11-22;/h1-7,12,21H,8-11,13-14H2;1H. The zero-order valence-corrected chi connectivity index (χ0v) is 15.5. The molecule has 134 valence electrons. The highest BCUT2D eigenvalue weighted by Gasteiger charge is 2.16. The maximum absolute atomic E-state index is 12.3. The molecule has 1 heterocycles. The van der Waals surface area contributed by atoms with E-state index in [1.807, 2.05) is 53.4 Å². The number of nitrogens with one attached hydrogen (secondary N) is 1. The summed E-state index contributed by atoms with van der Waals surface area (Å²) >= 11 is 5.88. The van der Waals surface area contributed by atoms with Crippen molar-refractivity contribution in [3.63, 3.8) is 0 Å². The fourth-order valence-corrected chi connectivity index (χ4v) is 2.82. The van der Waals surface area contributed by atoms with Crippen molar-refractivity contribution in [2.75, 3.05) is 26.2 Å². The second-order valence-corrected chi connectivity index (χ2v) is 6.31. The highest BCUT2D eigenvalue weighted by Crippen LogP contribution is 2.17. The van der Waals surface area contributed by atoms with Crippen LogP contribution in [-0.2, 0) is 17.8 Å². The van der Waals surface area contributed by atoms with Gasteiger partial charge in [0.15, 0.2) is 0 Å². The smallest absolute Gasteiger partial charge is 0.227 e. The number of carbonyl (C=O) groups is 1. The lowest BCUT2D eigenvalue weighted by Gasteiger charge is -2.27. The Hall–Kier alpha value is -1.75. The number of hydrogen-bond donors (Lipinski definition) is 1. The van der Waals surface area contributed by atoms with Crippen LogP contribution in [0, 0.1) is 0 Å². The average molecular weight is 381 g/mol. The van der Waals surface area contributed by atoms with Crippen molar-refractivity contribution in [2.45, 2.75) is 13.0 Å². The normalized spacial score (nSPS) is 13.9. The van der Waals surface area contributed by atoms with Gasteiger partial charge in [-0.15, -0.1) is 12.4 Å². The van der Waals surface area contributed by atoms with E-state index in [9.17, 15) is 4.79 Å². The van der Waals surface area contributed by atoms with E-state index in [1.165, 1.54) is 0 Å². The minimum atomic E-state index is 0. The summed E-state index contributed by atoms with van der Waals surface area (Å²) in [7, 11) is 0. The summed E-state index contributed by atoms with van der Waals surface area (Å²) in [5.74, 6) is 0.946. The Bertz CT molecular complexity index is 686. The monoisotopic (exact) mass is 380 g/mol. The van der Waals surface area contributed by atoms with Crippen molar-refractivity contribution in [3.8, 4) is 5.75 Å². The Labute approximate surface area is 159 Å². The van der Waals surface area contributed by atoms with Gasteiger partial charge in [0.25, 0.3) is 0 Å². The third kappa shape index (κ3) is 5.92. The molecule has 2 aromatic rings. The first-order valence-corrected chi connectivity index (χ1v) is 8.53. The second kappa shape index (κ2) is 9.66. The molecule has 6 heteroatoms. The van der Waals surface area contributed by atoms with E-state index in [2.05, 4.69) is 5.32 Å². The van der Waals surface area contributed by atoms with Crippen LogP contribution in [0.3, 0.4) is 0 Å². The molecular weight excluding hydrogens is 359 g/mol. The topological polar surface area (TPSA) is 41.6 Å². The van der Waals surface area contributed by atoms with Crippen molar-refractivity contribution in [1.29, 1.82) is 0 Å². The third-order valence-corrected chi connectivity index (χ3v) is 4.29. The molecule has 1 aliphatic heterocycles. The van der Waals surface area contributed by atoms with Crippen molar-refractivity contribution in [1.82, 2.24) is 10.2 Å². The number of hydrogen-bond acceptors (Lipinski definition) is 3. The molecule has 1 fully saturated rings. The summed E-state index contributed by atoms with van der Waals surface area (Å²) in [4.78, 5) is 14.2. The van der Waals surface area contributed by atoms with Crippen LogP contribution in [0.15, 0.2) is 48.5 Å². The first-order chi connectivity index (χ1) is 11.7. The molecule has 0 saturated carbocycles. The van der Waals surface area contributed by atoms with Gasteiger partial charge >= 0.3 is 0 Å². The Kier molecular flexibility index (Phi) is 7.56. The Morgan fingerprint density at radius 2 is 1.80 bits per heavy atom. The van der Waals surface area contributed by atoms with E-state index in [1.54, 1.807) is 0 Å². The quantitative estimate of drug-likeness (QED) is 0.864. The van der Waals surface area contributed by atoms with Gasteiger partial charge in [0, 0.05) is 31.2 Å². The largest absolute Gasteiger partial charge is 0.489 e. The van der Waals surface area contributed by atoms with Gasteiger partial charge in [-0.3, -0.25) is 4.79 Å². The fraction of sp³-hybridized carbons (Fsp3) is 0.316. The minimum Gasteiger partial charge on any atom is -0.489 e. The highest BCUT2D eigenvalue weighted by atomic mass is 35.5. The molecule has 0 bridgehead atoms. The number of ether oxygens (including phenoxy) is 1. The van der Waals surface area contributed by atoms with E-state index >= 15 is 0 Å². The lowest BCUT2D eigenvalue weighted by molar-refractivity contribution is -0.131. The van der Waals surface area contributed by atoms with E-state index in [4.69, 9.17) is 16.3 Å². The Morgan fingerprint density at radius 3 is 2.52 bits per heavy atom. The maximum Gasteiger partial charge on any atom is 0.227 e. The van der Waals surface area contributed by atoms with Crippen LogP contribution in [-0.4, -0.2) is 37.0 Å². The molecule has 2 aromatic carbocycles. The molecule has 0 atom stereocenters. The second-order valence-electron chi connectivity index (χ2n) is 5.87. The van der Waals surface area contributed by atoms with Gasteiger partial charge in [0.05, 0.1) is 6.42 Å². The molecular formula is C19H22Cl2N2O2. The summed E-state index contributed by atoms with van der Waals surface area (Å²) in [5.41, 5.74) is 2.04. The lowest BCUT2D eigenvalue weighted by Crippen LogP contribution is -2.46. The van der Waals surface area contributed by atoms with Gasteiger partial charge in [0.1, 0.15) is 12.4 Å². The number of halogens is 2. The van der Waals surface area contributed by atoms with Crippen LogP contribution in [0.2, 0.25) is 5.02 Å². The number of rotatable bonds is 5. The average Bonchev–Trinajstić information content (AvgIpc) is 2.62. The van der Waals surface area contributed by atoms with E-state index < -0.39 is 0 Å². The van der Waals surface area contributed by atoms with Gasteiger partial charge in [-0.25, -0.2) is 0 Å². The SMILES string of the molecule is Cl.O=C(Cc1cccc(OCc2ccc(Cl)cc2)c1)N1CCNCC1. The summed E-state index contributed by atoms with van der Waals surface area (Å²) in [6, 6.07) is 15.3. The number of nitrogens with zero attached hydrogens (tertiary/aromatic N) is 1. The number of benzene rings is 2. The predicted octanol–water partition coefficient (Wildman–Crippen LogP) is 3.32. The Balaban J connectivity index is 0.00000225. The Morgan fingerprint density at radius 1 is 1.08 bits per heavy atom. The predicted molar refractivity (Wildman–Crippen MR) is 103 cm³/mol. The van der Waals surface area contributed by atoms with Crippen LogP contribution >= 0.6 is 24.0 Å². The zero-order valence-electron chi connectivity index (χ0n) is 13.9. The number of carbonyl (C=O) groups excluding carboxylic acids is 1. The van der Waals surface area contributed by atoms with E-state index in [0.29, 0.717) is 18.1 Å². The molecule has 0 unspecified atom stereocenters. The highest BCUT2D eigenvalue weighted by molar-refractivity contribution is 6.30. The van der Waals surface area contributed by atoms with Crippen LogP contribution in [0.4, 0.5) is 0 Å². The number of amides is 1. The third-order valence-electron chi connectivity index (χ3n) is 4.04. The van der Waals surface area contributed by atoms with Crippen molar-refractivity contribution in [3.05, 3.63) is 64.7 Å². The van der Waals surface area contributed by atoms with Gasteiger partial charge in [-0.05, 0) is 35.4 Å². The first-order valence-electron chi connectivity index (χ1n) is 8.15. The molecule has 0 radical (unpaired) electrons. The van der Waals surface area contributed by atoms with E-state index in [-0.39, 0.29) is 18.3 Å². The van der Waals surface area contributed by atoms with E-state index in [0.717, 1.165) is 43.1 Å². The molecule has 1 amide bonds. The molecule has 1 saturated heterocycles. The van der Waals surface area contributed by atoms with Gasteiger partial charge in [-0.1, -0.05) is 35.9 Å². The van der Waals surface area contributed by atoms with Crippen molar-refractivity contribution < 1.29 is 9.53 Å². The summed E-state index contributed by atoms with van der Waals surface area (Å²) < 4.78 is 5.82. The minimum absolute atomic E-state index is 0. The molecule has 3 rings (SSSR count). The summed E-state index contributed by atoms with van der Waals surface area (Å²) in [5, 5.41) is 3.97. The molecule has 1 N–H and O–H groups in total. The molecule has 25 heavy (non-hydrogen) atoms. The van der Waals surface area contributed by atoms with Gasteiger partial charge < -0.3 is 15.0 Å². The van der Waals surface area contributed by atoms with Crippen LogP contribution in [0.5, 0.6) is 5.75 Å². The zero-order chi connectivity index (χ0) is 16.8. The molecule has 1 aliphatic rings. The maximum atomic E-state index is 12.3. The first kappa shape index (κ1) is 19.6. The fourth-order valence-electron chi connectivity index (χ4n) is 2.69. The van der Waals surface area contributed by atoms with Gasteiger partial charge in [0.2, 0.25) is 5.91 Å². The molecule has 4 nitrogen and oxygen atoms in total. The molecule has 0 aliphatic carbocycles. The molecule has 0 spiro atoms. The van der Waals surface area contributed by atoms with Crippen LogP contribution < -0.4 is 10.1 Å². The van der Waals surface area contributed by atoms with Gasteiger partial charge in [-0.2, -0.15) is 0 Å². The molecule has 0 aromatic heterocycles. The lowest BCUT2D eigenvalue weighted by atomic mass is 10.1. The number of piperazine rings is 1. The van der Waals surface area contributed by atoms with Crippen LogP contribution in [0.1, 0.15) is 11.1 Å². The van der Waals surface area contributed by atoms with Crippen molar-refractivity contribution >= 4 is 29.9 Å². The van der Waals surface area contributed by atoms with Crippen molar-refractivity contribution in [2.24, 2.45) is 0 Å². The summed E-state index contributed by atoms with van der Waals surface area (Å²) in [6.45, 7) is 3.79. The summed E-state index contributed by atoms with van der Waals surface area (Å²) in [6.07, 6.45) is 0.415.